The number of esters is 2. The number of carboxylic acids is 1. The average molecular weight is 395 g/mol. The van der Waals surface area contributed by atoms with Crippen LogP contribution < -0.4 is 14.6 Å². The molecule has 102 valence electrons. The first kappa shape index (κ1) is 15.6. The summed E-state index contributed by atoms with van der Waals surface area (Å²) in [5.74, 6) is -2.95. The molecule has 0 aliphatic heterocycles. The molecule has 0 bridgehead atoms. The molecule has 1 rings (SSSR count). The molecule has 0 saturated heterocycles. The van der Waals surface area contributed by atoms with Gasteiger partial charge in [-0.1, -0.05) is 31.9 Å². The monoisotopic (exact) mass is 393 g/mol. The highest BCUT2D eigenvalue weighted by molar-refractivity contribution is 9.09. The molecular formula is C11H7Br2O6-. The van der Waals surface area contributed by atoms with Gasteiger partial charge >= 0.3 is 11.9 Å². The lowest BCUT2D eigenvalue weighted by Gasteiger charge is -2.11. The van der Waals surface area contributed by atoms with Gasteiger partial charge in [-0.05, 0) is 12.1 Å². The van der Waals surface area contributed by atoms with Gasteiger partial charge < -0.3 is 19.4 Å². The maximum absolute atomic E-state index is 11.1. The van der Waals surface area contributed by atoms with Crippen molar-refractivity contribution < 1.29 is 29.0 Å². The summed E-state index contributed by atoms with van der Waals surface area (Å²) in [6.45, 7) is 0. The first-order valence-electron chi connectivity index (χ1n) is 4.86. The summed E-state index contributed by atoms with van der Waals surface area (Å²) in [7, 11) is 0. The van der Waals surface area contributed by atoms with Gasteiger partial charge in [0.25, 0.3) is 0 Å². The molecule has 0 aliphatic rings. The molecule has 0 fully saturated rings. The zero-order valence-electron chi connectivity index (χ0n) is 9.35. The van der Waals surface area contributed by atoms with Gasteiger partial charge in [-0.15, -0.1) is 0 Å². The Hall–Kier alpha value is -1.41. The Kier molecular flexibility index (Phi) is 5.97. The van der Waals surface area contributed by atoms with Gasteiger partial charge in [0.1, 0.15) is 22.2 Å². The maximum Gasteiger partial charge on any atom is 0.321 e. The molecule has 0 unspecified atom stereocenters. The Morgan fingerprint density at radius 1 is 1.05 bits per heavy atom. The van der Waals surface area contributed by atoms with Crippen molar-refractivity contribution in [3.05, 3.63) is 23.8 Å². The van der Waals surface area contributed by atoms with Gasteiger partial charge in [-0.3, -0.25) is 9.59 Å². The third-order valence-corrected chi connectivity index (χ3v) is 2.76. The minimum Gasteiger partial charge on any atom is -0.545 e. The number of aromatic carboxylic acids is 1. The number of hydrogen-bond acceptors (Lipinski definition) is 6. The Bertz CT molecular complexity index is 514. The topological polar surface area (TPSA) is 92.7 Å². The number of carbonyl (C=O) groups excluding carboxylic acids is 3. The molecule has 1 aromatic rings. The SMILES string of the molecule is O=C(CBr)Oc1ccc(C(=O)[O-])c(OC(=O)CBr)c1. The van der Waals surface area contributed by atoms with Crippen LogP contribution in [0.5, 0.6) is 11.5 Å². The molecule has 0 aliphatic carbocycles. The summed E-state index contributed by atoms with van der Waals surface area (Å²) in [5, 5.41) is 10.7. The minimum absolute atomic E-state index is 0.0221. The third kappa shape index (κ3) is 4.64. The van der Waals surface area contributed by atoms with Gasteiger partial charge in [-0.25, -0.2) is 0 Å². The molecule has 8 heteroatoms. The van der Waals surface area contributed by atoms with Crippen molar-refractivity contribution in [1.82, 2.24) is 0 Å². The van der Waals surface area contributed by atoms with Crippen molar-refractivity contribution in [1.29, 1.82) is 0 Å². The summed E-state index contributed by atoms with van der Waals surface area (Å²) in [5.41, 5.74) is -0.312. The zero-order valence-corrected chi connectivity index (χ0v) is 12.5. The predicted molar refractivity (Wildman–Crippen MR) is 69.6 cm³/mol. The lowest BCUT2D eigenvalue weighted by Crippen LogP contribution is -2.24. The molecule has 0 atom stereocenters. The molecule has 0 heterocycles. The van der Waals surface area contributed by atoms with Crippen LogP contribution in [0.3, 0.4) is 0 Å². The van der Waals surface area contributed by atoms with Crippen LogP contribution in [0.25, 0.3) is 0 Å². The van der Waals surface area contributed by atoms with Crippen LogP contribution in [0.15, 0.2) is 18.2 Å². The molecule has 0 N–H and O–H groups in total. The quantitative estimate of drug-likeness (QED) is 0.413. The van der Waals surface area contributed by atoms with E-state index in [1.807, 2.05) is 0 Å². The van der Waals surface area contributed by atoms with Crippen LogP contribution in [0.1, 0.15) is 10.4 Å². The number of alkyl halides is 2. The van der Waals surface area contributed by atoms with Crippen LogP contribution in [-0.2, 0) is 9.59 Å². The number of rotatable bonds is 5. The average Bonchev–Trinajstić information content (AvgIpc) is 2.38. The van der Waals surface area contributed by atoms with Crippen molar-refractivity contribution in [2.24, 2.45) is 0 Å². The Balaban J connectivity index is 3.07. The second-order valence-electron chi connectivity index (χ2n) is 3.16. The van der Waals surface area contributed by atoms with Crippen molar-refractivity contribution >= 4 is 49.8 Å². The molecule has 6 nitrogen and oxygen atoms in total. The number of ether oxygens (including phenoxy) is 2. The normalized spacial score (nSPS) is 9.79. The van der Waals surface area contributed by atoms with Crippen LogP contribution in [-0.4, -0.2) is 28.6 Å². The molecule has 1 aromatic carbocycles. The van der Waals surface area contributed by atoms with Crippen molar-refractivity contribution in [2.45, 2.75) is 0 Å². The molecular weight excluding hydrogens is 388 g/mol. The van der Waals surface area contributed by atoms with E-state index in [1.54, 1.807) is 0 Å². The fourth-order valence-electron chi connectivity index (χ4n) is 1.13. The van der Waals surface area contributed by atoms with Gasteiger partial charge in [0.2, 0.25) is 0 Å². The molecule has 0 spiro atoms. The summed E-state index contributed by atoms with van der Waals surface area (Å²) < 4.78 is 9.65. The van der Waals surface area contributed by atoms with E-state index in [1.165, 1.54) is 6.07 Å². The first-order chi connectivity index (χ1) is 8.97. The number of carboxylic acid groups (broad SMARTS) is 1. The fraction of sp³-hybridized carbons (Fsp3) is 0.182. The number of carbonyl (C=O) groups is 3. The fourth-order valence-corrected chi connectivity index (χ4v) is 1.36. The summed E-state index contributed by atoms with van der Waals surface area (Å²) in [6, 6.07) is 3.52. The van der Waals surface area contributed by atoms with Crippen LogP contribution in [0.4, 0.5) is 0 Å². The number of halogens is 2. The van der Waals surface area contributed by atoms with Crippen molar-refractivity contribution in [3.8, 4) is 11.5 Å². The van der Waals surface area contributed by atoms with E-state index in [0.717, 1.165) is 12.1 Å². The molecule has 0 saturated carbocycles. The molecule has 19 heavy (non-hydrogen) atoms. The van der Waals surface area contributed by atoms with Gasteiger partial charge in [-0.2, -0.15) is 0 Å². The largest absolute Gasteiger partial charge is 0.545 e. The summed E-state index contributed by atoms with van der Waals surface area (Å²) in [6.07, 6.45) is 0. The lowest BCUT2D eigenvalue weighted by molar-refractivity contribution is -0.255. The highest BCUT2D eigenvalue weighted by Gasteiger charge is 2.12. The zero-order chi connectivity index (χ0) is 14.4. The van der Waals surface area contributed by atoms with Crippen LogP contribution in [0, 0.1) is 0 Å². The number of hydrogen-bond donors (Lipinski definition) is 0. The van der Waals surface area contributed by atoms with Gasteiger partial charge in [0.05, 0.1) is 5.97 Å². The van der Waals surface area contributed by atoms with Crippen LogP contribution in [0.2, 0.25) is 0 Å². The highest BCUT2D eigenvalue weighted by Crippen LogP contribution is 2.25. The van der Waals surface area contributed by atoms with E-state index in [4.69, 9.17) is 9.47 Å². The maximum atomic E-state index is 11.1. The Morgan fingerprint density at radius 2 is 1.63 bits per heavy atom. The van der Waals surface area contributed by atoms with Crippen molar-refractivity contribution in [2.75, 3.05) is 10.7 Å². The Morgan fingerprint density at radius 3 is 2.16 bits per heavy atom. The van der Waals surface area contributed by atoms with Crippen LogP contribution >= 0.6 is 31.9 Å². The lowest BCUT2D eigenvalue weighted by atomic mass is 10.2. The van der Waals surface area contributed by atoms with E-state index in [9.17, 15) is 19.5 Å². The van der Waals surface area contributed by atoms with Gasteiger partial charge in [0, 0.05) is 11.6 Å². The molecule has 0 radical (unpaired) electrons. The Labute approximate surface area is 124 Å². The van der Waals surface area contributed by atoms with Crippen molar-refractivity contribution in [3.63, 3.8) is 0 Å². The van der Waals surface area contributed by atoms with E-state index in [-0.39, 0.29) is 27.7 Å². The standard InChI is InChI=1S/C11H8Br2O6/c12-4-9(14)18-6-1-2-7(11(16)17)8(3-6)19-10(15)5-13/h1-3H,4-5H2,(H,16,17)/p-1. The highest BCUT2D eigenvalue weighted by atomic mass is 79.9. The molecule has 0 amide bonds. The van der Waals surface area contributed by atoms with Gasteiger partial charge in [0.15, 0.2) is 0 Å². The van der Waals surface area contributed by atoms with E-state index in [0.29, 0.717) is 0 Å². The second kappa shape index (κ2) is 7.25. The second-order valence-corrected chi connectivity index (χ2v) is 4.28. The minimum atomic E-state index is -1.50. The van der Waals surface area contributed by atoms with E-state index in [2.05, 4.69) is 31.9 Å². The van der Waals surface area contributed by atoms with E-state index >= 15 is 0 Å². The number of benzene rings is 1. The smallest absolute Gasteiger partial charge is 0.321 e. The molecule has 0 aromatic heterocycles. The first-order valence-corrected chi connectivity index (χ1v) is 7.11. The van der Waals surface area contributed by atoms with E-state index < -0.39 is 17.9 Å². The summed E-state index contributed by atoms with van der Waals surface area (Å²) >= 11 is 5.78. The predicted octanol–water partition coefficient (Wildman–Crippen LogP) is 0.651. The summed E-state index contributed by atoms with van der Waals surface area (Å²) in [4.78, 5) is 33.1. The third-order valence-electron chi connectivity index (χ3n) is 1.85.